The highest BCUT2D eigenvalue weighted by molar-refractivity contribution is 7.92. The third kappa shape index (κ3) is 3.64. The molecular weight excluding hydrogens is 331 g/mol. The molecule has 0 aliphatic carbocycles. The Balaban J connectivity index is 2.11. The molecule has 6 nitrogen and oxygen atoms in total. The molecule has 2 heterocycles. The number of aromatic nitrogens is 2. The minimum absolute atomic E-state index is 0.0122. The van der Waals surface area contributed by atoms with Crippen molar-refractivity contribution in [3.05, 3.63) is 5.01 Å². The molecule has 0 bridgehead atoms. The molecule has 1 aliphatic rings. The lowest BCUT2D eigenvalue weighted by molar-refractivity contribution is -0.138. The van der Waals surface area contributed by atoms with E-state index >= 15 is 0 Å². The molecule has 0 amide bonds. The Hall–Kier alpha value is -0.940. The van der Waals surface area contributed by atoms with Crippen LogP contribution in [0.25, 0.3) is 0 Å². The van der Waals surface area contributed by atoms with Gasteiger partial charge in [-0.2, -0.15) is 13.2 Å². The Morgan fingerprint density at radius 2 is 1.95 bits per heavy atom. The lowest BCUT2D eigenvalue weighted by Gasteiger charge is -2.35. The van der Waals surface area contributed by atoms with Crippen molar-refractivity contribution in [3.8, 4) is 0 Å². The molecule has 0 aromatic carbocycles. The van der Waals surface area contributed by atoms with Crippen molar-refractivity contribution < 1.29 is 26.3 Å². The van der Waals surface area contributed by atoms with Gasteiger partial charge in [0.2, 0.25) is 10.1 Å². The highest BCUT2D eigenvalue weighted by Crippen LogP contribution is 2.34. The summed E-state index contributed by atoms with van der Waals surface area (Å²) in [5, 5.41) is 7.99. The van der Waals surface area contributed by atoms with Gasteiger partial charge in [0.05, 0.1) is 4.75 Å². The fourth-order valence-electron chi connectivity index (χ4n) is 2.07. The molecule has 0 radical (unpaired) electrons. The largest absolute Gasteiger partial charge is 0.445 e. The van der Waals surface area contributed by atoms with E-state index in [1.807, 2.05) is 0 Å². The molecule has 0 atom stereocenters. The molecule has 120 valence electrons. The molecule has 0 spiro atoms. The highest BCUT2D eigenvalue weighted by Gasteiger charge is 2.42. The molecule has 11 heteroatoms. The lowest BCUT2D eigenvalue weighted by Crippen LogP contribution is -2.48. The van der Waals surface area contributed by atoms with Crippen molar-refractivity contribution >= 4 is 26.3 Å². The Morgan fingerprint density at radius 3 is 2.43 bits per heavy atom. The molecule has 21 heavy (non-hydrogen) atoms. The van der Waals surface area contributed by atoms with Gasteiger partial charge in [0.15, 0.2) is 9.84 Å². The van der Waals surface area contributed by atoms with Crippen LogP contribution in [0.15, 0.2) is 0 Å². The van der Waals surface area contributed by atoms with E-state index in [4.69, 9.17) is 4.74 Å². The highest BCUT2D eigenvalue weighted by atomic mass is 32.2. The van der Waals surface area contributed by atoms with Gasteiger partial charge in [-0.05, 0) is 12.8 Å². The summed E-state index contributed by atoms with van der Waals surface area (Å²) in [6.45, 7) is 0.596. The topological polar surface area (TPSA) is 81.2 Å². The number of alkyl halides is 3. The number of sulfone groups is 1. The van der Waals surface area contributed by atoms with E-state index in [1.54, 1.807) is 0 Å². The number of halogens is 3. The zero-order valence-corrected chi connectivity index (χ0v) is 12.7. The Labute approximate surface area is 123 Å². The minimum Gasteiger partial charge on any atom is -0.381 e. The van der Waals surface area contributed by atoms with Crippen LogP contribution >= 0.6 is 11.3 Å². The molecule has 1 aliphatic heterocycles. The van der Waals surface area contributed by atoms with Crippen LogP contribution in [-0.4, -0.2) is 49.4 Å². The average molecular weight is 345 g/mol. The number of ether oxygens (including phenoxy) is 1. The second kappa shape index (κ2) is 5.69. The quantitative estimate of drug-likeness (QED) is 0.892. The summed E-state index contributed by atoms with van der Waals surface area (Å²) in [7, 11) is -3.39. The number of hydrogen-bond acceptors (Lipinski definition) is 7. The smallest absolute Gasteiger partial charge is 0.381 e. The summed E-state index contributed by atoms with van der Waals surface area (Å²) in [5.41, 5.74) is 0. The van der Waals surface area contributed by atoms with E-state index < -0.39 is 25.8 Å². The minimum atomic E-state index is -4.55. The SMILES string of the molecule is CS(=O)(=O)C1(CNc2nnc(C(F)(F)F)s2)CCOCC1. The van der Waals surface area contributed by atoms with E-state index in [1.165, 1.54) is 0 Å². The molecule has 1 aromatic rings. The van der Waals surface area contributed by atoms with Crippen LogP contribution in [0, 0.1) is 0 Å². The number of anilines is 1. The van der Waals surface area contributed by atoms with E-state index in [2.05, 4.69) is 15.5 Å². The molecule has 1 aromatic heterocycles. The summed E-state index contributed by atoms with van der Waals surface area (Å²) < 4.78 is 65.4. The van der Waals surface area contributed by atoms with Crippen molar-refractivity contribution in [1.29, 1.82) is 0 Å². The van der Waals surface area contributed by atoms with Crippen LogP contribution in [0.3, 0.4) is 0 Å². The summed E-state index contributed by atoms with van der Waals surface area (Å²) in [6, 6.07) is 0. The molecule has 1 N–H and O–H groups in total. The molecule has 0 saturated carbocycles. The first-order valence-corrected chi connectivity index (χ1v) is 8.77. The maximum absolute atomic E-state index is 12.4. The van der Waals surface area contributed by atoms with Gasteiger partial charge < -0.3 is 10.1 Å². The second-order valence-electron chi connectivity index (χ2n) is 4.83. The van der Waals surface area contributed by atoms with Gasteiger partial charge in [-0.15, -0.1) is 10.2 Å². The van der Waals surface area contributed by atoms with Crippen molar-refractivity contribution in [2.24, 2.45) is 0 Å². The summed E-state index contributed by atoms with van der Waals surface area (Å²) in [6.07, 6.45) is -2.83. The predicted octanol–water partition coefficient (Wildman–Crippen LogP) is 1.56. The van der Waals surface area contributed by atoms with Gasteiger partial charge in [0.25, 0.3) is 0 Å². The van der Waals surface area contributed by atoms with Crippen molar-refractivity contribution in [3.63, 3.8) is 0 Å². The molecule has 2 rings (SSSR count). The normalized spacial score (nSPS) is 19.4. The monoisotopic (exact) mass is 345 g/mol. The van der Waals surface area contributed by atoms with E-state index in [0.717, 1.165) is 6.26 Å². The predicted molar refractivity (Wildman–Crippen MR) is 71.0 cm³/mol. The van der Waals surface area contributed by atoms with Crippen molar-refractivity contribution in [2.75, 3.05) is 31.3 Å². The van der Waals surface area contributed by atoms with Gasteiger partial charge in [-0.1, -0.05) is 11.3 Å². The van der Waals surface area contributed by atoms with Crippen LogP contribution in [0.5, 0.6) is 0 Å². The Bertz CT molecular complexity index is 594. The summed E-state index contributed by atoms with van der Waals surface area (Å²) in [5.74, 6) is 0. The van der Waals surface area contributed by atoms with Crippen LogP contribution in [-0.2, 0) is 20.8 Å². The maximum Gasteiger partial charge on any atom is 0.445 e. The second-order valence-corrected chi connectivity index (χ2v) is 8.22. The van der Waals surface area contributed by atoms with E-state index in [9.17, 15) is 21.6 Å². The lowest BCUT2D eigenvalue weighted by atomic mass is 9.99. The zero-order valence-electron chi connectivity index (χ0n) is 11.1. The molecule has 1 saturated heterocycles. The van der Waals surface area contributed by atoms with Gasteiger partial charge in [0, 0.05) is 26.0 Å². The third-order valence-electron chi connectivity index (χ3n) is 3.42. The van der Waals surface area contributed by atoms with Crippen LogP contribution < -0.4 is 5.32 Å². The summed E-state index contributed by atoms with van der Waals surface area (Å²) in [4.78, 5) is 0. The number of hydrogen-bond donors (Lipinski definition) is 1. The van der Waals surface area contributed by atoms with Crippen LogP contribution in [0.2, 0.25) is 0 Å². The standard InChI is InChI=1S/C10H14F3N3O3S2/c1-21(17,18)9(2-4-19-5-3-9)6-14-8-16-15-7(20-8)10(11,12)13/h2-6H2,1H3,(H,14,16). The van der Waals surface area contributed by atoms with Gasteiger partial charge in [-0.25, -0.2) is 8.42 Å². The van der Waals surface area contributed by atoms with Gasteiger partial charge in [-0.3, -0.25) is 0 Å². The van der Waals surface area contributed by atoms with E-state index in [-0.39, 0.29) is 11.7 Å². The zero-order chi connectivity index (χ0) is 15.7. The first-order valence-electron chi connectivity index (χ1n) is 6.06. The number of rotatable bonds is 4. The van der Waals surface area contributed by atoms with Crippen molar-refractivity contribution in [1.82, 2.24) is 10.2 Å². The first-order chi connectivity index (χ1) is 9.64. The maximum atomic E-state index is 12.4. The van der Waals surface area contributed by atoms with Crippen LogP contribution in [0.4, 0.5) is 18.3 Å². The molecule has 0 unspecified atom stereocenters. The molecule has 1 fully saturated rings. The average Bonchev–Trinajstić information content (AvgIpc) is 2.85. The molecular formula is C10H14F3N3O3S2. The fourth-order valence-corrected chi connectivity index (χ4v) is 3.92. The summed E-state index contributed by atoms with van der Waals surface area (Å²) >= 11 is 0.353. The van der Waals surface area contributed by atoms with E-state index in [0.29, 0.717) is 37.4 Å². The Morgan fingerprint density at radius 1 is 1.33 bits per heavy atom. The van der Waals surface area contributed by atoms with Gasteiger partial charge in [0.1, 0.15) is 0 Å². The van der Waals surface area contributed by atoms with Crippen LogP contribution in [0.1, 0.15) is 17.8 Å². The first kappa shape index (κ1) is 16.4. The fraction of sp³-hybridized carbons (Fsp3) is 0.800. The number of nitrogens with one attached hydrogen (secondary N) is 1. The Kier molecular flexibility index (Phi) is 4.45. The number of nitrogens with zero attached hydrogens (tertiary/aromatic N) is 2. The van der Waals surface area contributed by atoms with Gasteiger partial charge >= 0.3 is 6.18 Å². The third-order valence-corrected chi connectivity index (χ3v) is 6.47. The van der Waals surface area contributed by atoms with Crippen molar-refractivity contribution in [2.45, 2.75) is 23.8 Å².